The second-order valence-electron chi connectivity index (χ2n) is 3.21. The largest absolute Gasteiger partial charge is 0.406 e. The molecule has 0 N–H and O–H groups in total. The van der Waals surface area contributed by atoms with Crippen LogP contribution in [0.2, 0.25) is 0 Å². The second-order valence-corrected chi connectivity index (χ2v) is 3.47. The molecule has 0 saturated heterocycles. The maximum Gasteiger partial charge on any atom is 0.406 e. The van der Waals surface area contributed by atoms with Crippen LogP contribution in [0.4, 0.5) is 23.2 Å². The normalized spacial score (nSPS) is 11.4. The van der Waals surface area contributed by atoms with Crippen molar-refractivity contribution in [3.05, 3.63) is 30.1 Å². The van der Waals surface area contributed by atoms with E-state index in [9.17, 15) is 22.4 Å². The summed E-state index contributed by atoms with van der Waals surface area (Å²) in [5.74, 6) is -2.07. The van der Waals surface area contributed by atoms with Gasteiger partial charge in [0.05, 0.1) is 0 Å². The van der Waals surface area contributed by atoms with Crippen molar-refractivity contribution in [1.29, 1.82) is 0 Å². The highest BCUT2D eigenvalue weighted by Crippen LogP contribution is 2.22. The molecule has 0 bridgehead atoms. The van der Waals surface area contributed by atoms with E-state index in [1.165, 1.54) is 0 Å². The number of nitrogens with zero attached hydrogens (tertiary/aromatic N) is 1. The second kappa shape index (κ2) is 5.35. The van der Waals surface area contributed by atoms with Gasteiger partial charge in [-0.15, -0.1) is 11.6 Å². The van der Waals surface area contributed by atoms with Gasteiger partial charge in [0, 0.05) is 5.69 Å². The van der Waals surface area contributed by atoms with Crippen LogP contribution in [0.3, 0.4) is 0 Å². The minimum absolute atomic E-state index is 0.0469. The zero-order valence-corrected chi connectivity index (χ0v) is 9.22. The summed E-state index contributed by atoms with van der Waals surface area (Å²) < 4.78 is 49.4. The molecule has 0 spiro atoms. The summed E-state index contributed by atoms with van der Waals surface area (Å²) in [6, 6.07) is 4.12. The molecule has 1 aromatic rings. The third kappa shape index (κ3) is 4.22. The molecule has 0 aliphatic rings. The van der Waals surface area contributed by atoms with E-state index < -0.39 is 30.3 Å². The number of anilines is 1. The monoisotopic (exact) mass is 269 g/mol. The van der Waals surface area contributed by atoms with E-state index in [0.29, 0.717) is 4.90 Å². The van der Waals surface area contributed by atoms with E-state index in [1.54, 1.807) is 0 Å². The van der Waals surface area contributed by atoms with Gasteiger partial charge in [0.25, 0.3) is 0 Å². The molecule has 0 saturated carbocycles. The third-order valence-corrected chi connectivity index (χ3v) is 2.12. The molecule has 0 aromatic heterocycles. The SMILES string of the molecule is O=C(CCl)N(CC(F)(F)F)c1ccc(F)cc1. The van der Waals surface area contributed by atoms with Crippen molar-refractivity contribution in [2.24, 2.45) is 0 Å². The van der Waals surface area contributed by atoms with Gasteiger partial charge >= 0.3 is 6.18 Å². The molecule has 0 heterocycles. The molecule has 1 aromatic carbocycles. The van der Waals surface area contributed by atoms with Crippen LogP contribution in [0.1, 0.15) is 0 Å². The van der Waals surface area contributed by atoms with Gasteiger partial charge in [-0.25, -0.2) is 4.39 Å². The summed E-state index contributed by atoms with van der Waals surface area (Å²) in [4.78, 5) is 11.7. The Morgan fingerprint density at radius 3 is 2.18 bits per heavy atom. The average molecular weight is 270 g/mol. The number of hydrogen-bond acceptors (Lipinski definition) is 1. The van der Waals surface area contributed by atoms with Crippen LogP contribution in [-0.2, 0) is 4.79 Å². The highest BCUT2D eigenvalue weighted by Gasteiger charge is 2.33. The molecule has 0 aliphatic carbocycles. The zero-order valence-electron chi connectivity index (χ0n) is 8.47. The maximum absolute atomic E-state index is 12.6. The van der Waals surface area contributed by atoms with Gasteiger partial charge < -0.3 is 4.90 Å². The molecule has 0 aliphatic heterocycles. The van der Waals surface area contributed by atoms with Gasteiger partial charge in [0.2, 0.25) is 5.91 Å². The van der Waals surface area contributed by atoms with Crippen molar-refractivity contribution < 1.29 is 22.4 Å². The van der Waals surface area contributed by atoms with Crippen molar-refractivity contribution >= 4 is 23.2 Å². The quantitative estimate of drug-likeness (QED) is 0.610. The number of benzene rings is 1. The smallest absolute Gasteiger partial charge is 0.302 e. The zero-order chi connectivity index (χ0) is 13.1. The minimum Gasteiger partial charge on any atom is -0.302 e. The lowest BCUT2D eigenvalue weighted by molar-refractivity contribution is -0.131. The molecule has 0 radical (unpaired) electrons. The van der Waals surface area contributed by atoms with Crippen LogP contribution >= 0.6 is 11.6 Å². The molecular weight excluding hydrogens is 262 g/mol. The summed E-state index contributed by atoms with van der Waals surface area (Å²) >= 11 is 5.22. The molecule has 17 heavy (non-hydrogen) atoms. The standard InChI is InChI=1S/C10H8ClF4NO/c11-5-9(17)16(6-10(13,14)15)8-3-1-7(12)2-4-8/h1-4H,5-6H2. The Morgan fingerprint density at radius 2 is 1.76 bits per heavy atom. The fraction of sp³-hybridized carbons (Fsp3) is 0.300. The first-order valence-corrected chi connectivity index (χ1v) is 5.05. The lowest BCUT2D eigenvalue weighted by atomic mass is 10.2. The predicted molar refractivity (Wildman–Crippen MR) is 55.5 cm³/mol. The van der Waals surface area contributed by atoms with Crippen LogP contribution < -0.4 is 4.90 Å². The van der Waals surface area contributed by atoms with E-state index in [4.69, 9.17) is 11.6 Å². The van der Waals surface area contributed by atoms with Crippen LogP contribution in [0.25, 0.3) is 0 Å². The maximum atomic E-state index is 12.6. The summed E-state index contributed by atoms with van der Waals surface area (Å²) in [5.41, 5.74) is -0.0469. The lowest BCUT2D eigenvalue weighted by Gasteiger charge is -2.23. The number of carbonyl (C=O) groups excluding carboxylic acids is 1. The fourth-order valence-electron chi connectivity index (χ4n) is 1.20. The van der Waals surface area contributed by atoms with Crippen LogP contribution in [0, 0.1) is 5.82 Å². The van der Waals surface area contributed by atoms with Gasteiger partial charge in [0.15, 0.2) is 0 Å². The van der Waals surface area contributed by atoms with Crippen molar-refractivity contribution in [3.8, 4) is 0 Å². The molecular formula is C10H8ClF4NO. The van der Waals surface area contributed by atoms with E-state index in [1.807, 2.05) is 0 Å². The molecule has 7 heteroatoms. The number of alkyl halides is 4. The summed E-state index contributed by atoms with van der Waals surface area (Å²) in [6.45, 7) is -1.45. The number of halogens is 5. The van der Waals surface area contributed by atoms with Crippen molar-refractivity contribution in [2.45, 2.75) is 6.18 Å². The number of amides is 1. The van der Waals surface area contributed by atoms with E-state index in [0.717, 1.165) is 24.3 Å². The Kier molecular flexibility index (Phi) is 4.34. The Bertz CT molecular complexity index is 390. The molecule has 94 valence electrons. The first-order chi connectivity index (χ1) is 7.83. The van der Waals surface area contributed by atoms with E-state index >= 15 is 0 Å². The van der Waals surface area contributed by atoms with Gasteiger partial charge in [0.1, 0.15) is 18.2 Å². The Morgan fingerprint density at radius 1 is 1.24 bits per heavy atom. The molecule has 2 nitrogen and oxygen atoms in total. The highest BCUT2D eigenvalue weighted by atomic mass is 35.5. The summed E-state index contributed by atoms with van der Waals surface area (Å²) in [7, 11) is 0. The summed E-state index contributed by atoms with van der Waals surface area (Å²) in [5, 5.41) is 0. The van der Waals surface area contributed by atoms with Crippen LogP contribution in [0.5, 0.6) is 0 Å². The molecule has 1 amide bonds. The molecule has 0 atom stereocenters. The van der Waals surface area contributed by atoms with Gasteiger partial charge in [-0.1, -0.05) is 0 Å². The number of carbonyl (C=O) groups is 1. The Balaban J connectivity index is 2.98. The Labute approximate surface area is 99.8 Å². The molecule has 0 fully saturated rings. The first-order valence-electron chi connectivity index (χ1n) is 4.52. The Hall–Kier alpha value is -1.30. The lowest BCUT2D eigenvalue weighted by Crippen LogP contribution is -2.39. The van der Waals surface area contributed by atoms with Gasteiger partial charge in [-0.05, 0) is 24.3 Å². The van der Waals surface area contributed by atoms with Crippen molar-refractivity contribution in [1.82, 2.24) is 0 Å². The average Bonchev–Trinajstić information content (AvgIpc) is 2.25. The minimum atomic E-state index is -4.55. The number of rotatable bonds is 3. The summed E-state index contributed by atoms with van der Waals surface area (Å²) in [6.07, 6.45) is -4.55. The predicted octanol–water partition coefficient (Wildman–Crippen LogP) is 2.96. The topological polar surface area (TPSA) is 20.3 Å². The van der Waals surface area contributed by atoms with Crippen LogP contribution in [0.15, 0.2) is 24.3 Å². The van der Waals surface area contributed by atoms with Crippen molar-refractivity contribution in [2.75, 3.05) is 17.3 Å². The first kappa shape index (κ1) is 13.8. The fourth-order valence-corrected chi connectivity index (χ4v) is 1.34. The molecule has 1 rings (SSSR count). The highest BCUT2D eigenvalue weighted by molar-refractivity contribution is 6.29. The third-order valence-electron chi connectivity index (χ3n) is 1.89. The van der Waals surface area contributed by atoms with Crippen molar-refractivity contribution in [3.63, 3.8) is 0 Å². The van der Waals surface area contributed by atoms with E-state index in [-0.39, 0.29) is 5.69 Å². The number of hydrogen-bond donors (Lipinski definition) is 0. The molecule has 0 unspecified atom stereocenters. The van der Waals surface area contributed by atoms with Gasteiger partial charge in [-0.3, -0.25) is 4.79 Å². The van der Waals surface area contributed by atoms with E-state index in [2.05, 4.69) is 0 Å². The van der Waals surface area contributed by atoms with Crippen LogP contribution in [-0.4, -0.2) is 24.5 Å². The van der Waals surface area contributed by atoms with Gasteiger partial charge in [-0.2, -0.15) is 13.2 Å².